The highest BCUT2D eigenvalue weighted by atomic mass is 27.0. The van der Waals surface area contributed by atoms with Gasteiger partial charge in [0, 0.05) is 0 Å². The van der Waals surface area contributed by atoms with E-state index in [4.69, 9.17) is 10.2 Å². The first-order chi connectivity index (χ1) is 5.63. The quantitative estimate of drug-likeness (QED) is 0.468. The van der Waals surface area contributed by atoms with Crippen molar-refractivity contribution in [3.8, 4) is 0 Å². The second-order valence-corrected chi connectivity index (χ2v) is 2.83. The number of hydrogen-bond acceptors (Lipinski definition) is 2. The van der Waals surface area contributed by atoms with Gasteiger partial charge in [-0.1, -0.05) is 12.2 Å². The van der Waals surface area contributed by atoms with Crippen LogP contribution in [0, 0.1) is 11.8 Å². The summed E-state index contributed by atoms with van der Waals surface area (Å²) in [6.45, 7) is 0. The molecule has 0 saturated heterocycles. The summed E-state index contributed by atoms with van der Waals surface area (Å²) in [5.74, 6) is -3.56. The van der Waals surface area contributed by atoms with E-state index >= 15 is 0 Å². The number of rotatable bonds is 2. The van der Waals surface area contributed by atoms with Crippen LogP contribution < -0.4 is 0 Å². The SMILES string of the molecule is O=C(O)[C@H]1CC=CC[C@H]1C(=O)O.[AlH3]. The summed E-state index contributed by atoms with van der Waals surface area (Å²) in [5, 5.41) is 17.3. The molecule has 0 fully saturated rings. The van der Waals surface area contributed by atoms with E-state index in [2.05, 4.69) is 0 Å². The van der Waals surface area contributed by atoms with Crippen molar-refractivity contribution in [2.24, 2.45) is 11.8 Å². The molecule has 2 N–H and O–H groups in total. The molecule has 5 heteroatoms. The molecule has 0 heterocycles. The van der Waals surface area contributed by atoms with Gasteiger partial charge in [-0.15, -0.1) is 0 Å². The molecule has 0 spiro atoms. The Bertz CT molecular complexity index is 212. The van der Waals surface area contributed by atoms with Gasteiger partial charge in [-0.25, -0.2) is 0 Å². The van der Waals surface area contributed by atoms with Crippen molar-refractivity contribution in [3.05, 3.63) is 12.2 Å². The highest BCUT2D eigenvalue weighted by molar-refractivity contribution is 5.80. The molecule has 2 atom stereocenters. The molecule has 0 aliphatic heterocycles. The normalized spacial score (nSPS) is 26.2. The van der Waals surface area contributed by atoms with Crippen LogP contribution in [0.2, 0.25) is 0 Å². The second-order valence-electron chi connectivity index (χ2n) is 2.83. The summed E-state index contributed by atoms with van der Waals surface area (Å²) < 4.78 is 0. The van der Waals surface area contributed by atoms with Gasteiger partial charge in [0.25, 0.3) is 0 Å². The van der Waals surface area contributed by atoms with Crippen LogP contribution in [0.25, 0.3) is 0 Å². The third-order valence-electron chi connectivity index (χ3n) is 2.07. The molecule has 1 aliphatic rings. The standard InChI is InChI=1S/C8H10O4.Al.3H/c9-7(10)5-3-1-2-4-6(5)8(11)12;;;;/h1-2,5-6H,3-4H2,(H,9,10)(H,11,12);;;;/t5-,6+;;;;. The third kappa shape index (κ3) is 2.87. The summed E-state index contributed by atoms with van der Waals surface area (Å²) in [7, 11) is 0. The molecule has 0 aromatic heterocycles. The number of carboxylic acids is 2. The lowest BCUT2D eigenvalue weighted by molar-refractivity contribution is -0.153. The molecule has 1 rings (SSSR count). The van der Waals surface area contributed by atoms with Crippen molar-refractivity contribution in [3.63, 3.8) is 0 Å². The Morgan fingerprint density at radius 3 is 1.54 bits per heavy atom. The van der Waals surface area contributed by atoms with Crippen LogP contribution in [-0.4, -0.2) is 39.5 Å². The van der Waals surface area contributed by atoms with Crippen LogP contribution in [0.1, 0.15) is 12.8 Å². The van der Waals surface area contributed by atoms with Crippen LogP contribution >= 0.6 is 0 Å². The zero-order chi connectivity index (χ0) is 9.14. The Hall–Kier alpha value is -0.788. The van der Waals surface area contributed by atoms with E-state index in [9.17, 15) is 9.59 Å². The molecule has 0 radical (unpaired) electrons. The highest BCUT2D eigenvalue weighted by Gasteiger charge is 2.33. The topological polar surface area (TPSA) is 74.6 Å². The molecule has 0 bridgehead atoms. The lowest BCUT2D eigenvalue weighted by atomic mass is 9.83. The number of carboxylic acid groups (broad SMARTS) is 2. The van der Waals surface area contributed by atoms with Gasteiger partial charge in [0.05, 0.1) is 11.8 Å². The molecule has 0 unspecified atom stereocenters. The minimum Gasteiger partial charge on any atom is -0.481 e. The number of hydrogen-bond donors (Lipinski definition) is 2. The smallest absolute Gasteiger partial charge is 0.307 e. The second kappa shape index (κ2) is 5.05. The molecule has 13 heavy (non-hydrogen) atoms. The average molecular weight is 200 g/mol. The maximum Gasteiger partial charge on any atom is 0.307 e. The van der Waals surface area contributed by atoms with Crippen LogP contribution in [0.4, 0.5) is 0 Å². The first-order valence-electron chi connectivity index (χ1n) is 3.73. The van der Waals surface area contributed by atoms with Gasteiger partial charge in [-0.05, 0) is 12.8 Å². The zero-order valence-electron chi connectivity index (χ0n) is 6.43. The average Bonchev–Trinajstić information content (AvgIpc) is 2.04. The van der Waals surface area contributed by atoms with E-state index in [0.29, 0.717) is 12.8 Å². The van der Waals surface area contributed by atoms with Crippen molar-refractivity contribution >= 4 is 29.3 Å². The van der Waals surface area contributed by atoms with E-state index in [1.165, 1.54) is 0 Å². The summed E-state index contributed by atoms with van der Waals surface area (Å²) in [6, 6.07) is 0. The maximum atomic E-state index is 10.6. The number of allylic oxidation sites excluding steroid dienone is 2. The summed E-state index contributed by atoms with van der Waals surface area (Å²) >= 11 is 0. The molecule has 1 aliphatic carbocycles. The van der Waals surface area contributed by atoms with Gasteiger partial charge < -0.3 is 10.2 Å². The van der Waals surface area contributed by atoms with Crippen LogP contribution in [0.15, 0.2) is 12.2 Å². The van der Waals surface area contributed by atoms with Gasteiger partial charge in [-0.3, -0.25) is 9.59 Å². The Kier molecular flexibility index (Phi) is 4.75. The highest BCUT2D eigenvalue weighted by Crippen LogP contribution is 2.25. The van der Waals surface area contributed by atoms with Crippen molar-refractivity contribution in [2.75, 3.05) is 0 Å². The van der Waals surface area contributed by atoms with Gasteiger partial charge in [-0.2, -0.15) is 0 Å². The van der Waals surface area contributed by atoms with E-state index < -0.39 is 23.8 Å². The summed E-state index contributed by atoms with van der Waals surface area (Å²) in [5.41, 5.74) is 0. The van der Waals surface area contributed by atoms with E-state index in [0.717, 1.165) is 0 Å². The minimum absolute atomic E-state index is 0. The predicted octanol–water partition coefficient (Wildman–Crippen LogP) is -0.446. The minimum atomic E-state index is -1.02. The van der Waals surface area contributed by atoms with Gasteiger partial charge in [0.2, 0.25) is 0 Å². The number of carbonyl (C=O) groups is 2. The molecule has 0 aromatic carbocycles. The predicted molar refractivity (Wildman–Crippen MR) is 50.6 cm³/mol. The Balaban J connectivity index is 0.00000144. The van der Waals surface area contributed by atoms with E-state index in [1.807, 2.05) is 0 Å². The molecule has 0 saturated carbocycles. The van der Waals surface area contributed by atoms with Crippen molar-refractivity contribution in [1.29, 1.82) is 0 Å². The molecular formula is C8H13AlO4. The fourth-order valence-electron chi connectivity index (χ4n) is 1.36. The van der Waals surface area contributed by atoms with Gasteiger partial charge in [0.1, 0.15) is 0 Å². The van der Waals surface area contributed by atoms with E-state index in [1.54, 1.807) is 12.2 Å². The van der Waals surface area contributed by atoms with Crippen molar-refractivity contribution < 1.29 is 19.8 Å². The Morgan fingerprint density at radius 2 is 1.31 bits per heavy atom. The Labute approximate surface area is 86.4 Å². The maximum absolute atomic E-state index is 10.6. The van der Waals surface area contributed by atoms with Crippen LogP contribution in [0.5, 0.6) is 0 Å². The number of aliphatic carboxylic acids is 2. The largest absolute Gasteiger partial charge is 0.481 e. The first-order valence-corrected chi connectivity index (χ1v) is 3.73. The first kappa shape index (κ1) is 12.2. The van der Waals surface area contributed by atoms with Crippen molar-refractivity contribution in [2.45, 2.75) is 12.8 Å². The van der Waals surface area contributed by atoms with Crippen LogP contribution in [0.3, 0.4) is 0 Å². The summed E-state index contributed by atoms with van der Waals surface area (Å²) in [6.07, 6.45) is 4.09. The lowest BCUT2D eigenvalue weighted by Crippen LogP contribution is -2.30. The van der Waals surface area contributed by atoms with Gasteiger partial charge >= 0.3 is 11.9 Å². The molecule has 0 amide bonds. The molecule has 0 aromatic rings. The lowest BCUT2D eigenvalue weighted by Gasteiger charge is -2.20. The Morgan fingerprint density at radius 1 is 1.00 bits per heavy atom. The van der Waals surface area contributed by atoms with Gasteiger partial charge in [0.15, 0.2) is 17.4 Å². The fraction of sp³-hybridized carbons (Fsp3) is 0.500. The molecule has 4 nitrogen and oxygen atoms in total. The fourth-order valence-corrected chi connectivity index (χ4v) is 1.36. The molecular weight excluding hydrogens is 187 g/mol. The zero-order valence-corrected chi connectivity index (χ0v) is 6.43. The van der Waals surface area contributed by atoms with Crippen LogP contribution in [-0.2, 0) is 9.59 Å². The third-order valence-corrected chi connectivity index (χ3v) is 2.07. The van der Waals surface area contributed by atoms with Crippen molar-refractivity contribution in [1.82, 2.24) is 0 Å². The summed E-state index contributed by atoms with van der Waals surface area (Å²) in [4.78, 5) is 21.1. The monoisotopic (exact) mass is 200 g/mol. The van der Waals surface area contributed by atoms with E-state index in [-0.39, 0.29) is 17.4 Å². The molecule has 72 valence electrons.